The van der Waals surface area contributed by atoms with Crippen LogP contribution in [-0.4, -0.2) is 116 Å². The smallest absolute Gasteiger partial charge is 0.269 e. The lowest BCUT2D eigenvalue weighted by Gasteiger charge is -2.49. The monoisotopic (exact) mass is 514 g/mol. The maximum Gasteiger partial charge on any atom is 0.269 e. The Morgan fingerprint density at radius 2 is 1.84 bits per heavy atom. The fourth-order valence-electron chi connectivity index (χ4n) is 6.15. The number of carbonyl (C=O) groups is 2. The molecule has 4 aliphatic rings. The Kier molecular flexibility index (Phi) is 8.21. The zero-order chi connectivity index (χ0) is 25.8. The zero-order valence-corrected chi connectivity index (χ0v) is 21.5. The van der Waals surface area contributed by atoms with Crippen LogP contribution < -0.4 is 10.2 Å². The van der Waals surface area contributed by atoms with Gasteiger partial charge in [0.15, 0.2) is 0 Å². The van der Waals surface area contributed by atoms with Crippen LogP contribution in [0.3, 0.4) is 0 Å². The minimum atomic E-state index is -0.380. The van der Waals surface area contributed by atoms with Crippen molar-refractivity contribution < 1.29 is 19.2 Å². The van der Waals surface area contributed by atoms with Gasteiger partial charge in [-0.1, -0.05) is 0 Å². The number of fused-ring (bicyclic) bond motifs is 3. The van der Waals surface area contributed by atoms with E-state index in [2.05, 4.69) is 20.0 Å². The first kappa shape index (κ1) is 25.9. The number of nitro groups is 1. The van der Waals surface area contributed by atoms with Gasteiger partial charge in [-0.05, 0) is 43.9 Å². The highest BCUT2D eigenvalue weighted by Crippen LogP contribution is 2.38. The molecule has 4 heterocycles. The number of nitrogens with one attached hydrogen (secondary N) is 1. The molecular weight excluding hydrogens is 476 g/mol. The van der Waals surface area contributed by atoms with Gasteiger partial charge in [-0.15, -0.1) is 0 Å². The Hall–Kier alpha value is -2.76. The molecule has 0 spiro atoms. The average Bonchev–Trinajstić information content (AvgIpc) is 3.46. The van der Waals surface area contributed by atoms with E-state index in [1.165, 1.54) is 0 Å². The molecule has 3 saturated heterocycles. The number of nitrogens with zero attached hydrogens (tertiary/aromatic N) is 5. The van der Waals surface area contributed by atoms with Gasteiger partial charge in [-0.3, -0.25) is 29.5 Å². The van der Waals surface area contributed by atoms with Crippen LogP contribution in [0.2, 0.25) is 0 Å². The van der Waals surface area contributed by atoms with E-state index in [0.717, 1.165) is 83.0 Å². The molecule has 4 aliphatic heterocycles. The summed E-state index contributed by atoms with van der Waals surface area (Å²) in [6.45, 7) is 8.97. The molecule has 0 saturated carbocycles. The van der Waals surface area contributed by atoms with Crippen molar-refractivity contribution in [1.82, 2.24) is 20.0 Å². The topological polar surface area (TPSA) is 111 Å². The van der Waals surface area contributed by atoms with E-state index in [1.54, 1.807) is 12.1 Å². The lowest BCUT2D eigenvalue weighted by atomic mass is 9.83. The Bertz CT molecular complexity index is 994. The Morgan fingerprint density at radius 1 is 1.05 bits per heavy atom. The second-order valence-electron chi connectivity index (χ2n) is 10.6. The van der Waals surface area contributed by atoms with E-state index >= 15 is 0 Å². The van der Waals surface area contributed by atoms with E-state index in [0.29, 0.717) is 32.6 Å². The van der Waals surface area contributed by atoms with Gasteiger partial charge in [0, 0.05) is 70.2 Å². The quantitative estimate of drug-likeness (QED) is 0.307. The molecule has 1 aromatic rings. The lowest BCUT2D eigenvalue weighted by molar-refractivity contribution is -0.384. The molecular formula is C26H38N6O5. The number of benzene rings is 1. The molecule has 11 heteroatoms. The maximum atomic E-state index is 13.5. The molecule has 0 aliphatic carbocycles. The molecule has 0 radical (unpaired) electrons. The molecule has 2 unspecified atom stereocenters. The maximum absolute atomic E-state index is 13.5. The molecule has 0 aromatic heterocycles. The van der Waals surface area contributed by atoms with Crippen molar-refractivity contribution in [3.8, 4) is 0 Å². The summed E-state index contributed by atoms with van der Waals surface area (Å²) < 4.78 is 5.40. The van der Waals surface area contributed by atoms with Crippen LogP contribution in [0, 0.1) is 16.0 Å². The predicted octanol–water partition coefficient (Wildman–Crippen LogP) is 0.719. The van der Waals surface area contributed by atoms with Crippen LogP contribution in [0.1, 0.15) is 24.8 Å². The van der Waals surface area contributed by atoms with Crippen LogP contribution in [0.25, 0.3) is 0 Å². The number of carbonyl (C=O) groups excluding carboxylic acids is 2. The van der Waals surface area contributed by atoms with Crippen LogP contribution in [-0.2, 0) is 20.7 Å². The number of hydrogen-bond donors (Lipinski definition) is 1. The van der Waals surface area contributed by atoms with Gasteiger partial charge in [0.2, 0.25) is 11.8 Å². The highest BCUT2D eigenvalue weighted by atomic mass is 16.6. The van der Waals surface area contributed by atoms with Gasteiger partial charge in [-0.2, -0.15) is 0 Å². The number of nitro benzene ring substituents is 1. The van der Waals surface area contributed by atoms with Crippen LogP contribution >= 0.6 is 0 Å². The van der Waals surface area contributed by atoms with Crippen molar-refractivity contribution in [2.75, 3.05) is 83.6 Å². The van der Waals surface area contributed by atoms with E-state index < -0.39 is 0 Å². The van der Waals surface area contributed by atoms with Crippen LogP contribution in [0.15, 0.2) is 18.2 Å². The first-order valence-corrected chi connectivity index (χ1v) is 13.6. The van der Waals surface area contributed by atoms with E-state index in [4.69, 9.17) is 4.74 Å². The number of hydrogen-bond acceptors (Lipinski definition) is 8. The number of likely N-dealkylation sites (tertiary alicyclic amines) is 1. The summed E-state index contributed by atoms with van der Waals surface area (Å²) in [5.41, 5.74) is 1.87. The van der Waals surface area contributed by atoms with Crippen molar-refractivity contribution >= 4 is 23.2 Å². The van der Waals surface area contributed by atoms with Crippen molar-refractivity contribution in [2.24, 2.45) is 5.92 Å². The fraction of sp³-hybridized carbons (Fsp3) is 0.692. The van der Waals surface area contributed by atoms with E-state index in [-0.39, 0.29) is 34.4 Å². The van der Waals surface area contributed by atoms with Gasteiger partial charge >= 0.3 is 0 Å². The van der Waals surface area contributed by atoms with Gasteiger partial charge in [0.1, 0.15) is 0 Å². The summed E-state index contributed by atoms with van der Waals surface area (Å²) in [4.78, 5) is 46.0. The van der Waals surface area contributed by atoms with Crippen molar-refractivity contribution in [3.05, 3.63) is 33.9 Å². The fourth-order valence-corrected chi connectivity index (χ4v) is 6.15. The summed E-state index contributed by atoms with van der Waals surface area (Å²) in [5.74, 6) is -0.175. The molecule has 0 bridgehead atoms. The number of anilines is 1. The number of ether oxygens (including phenoxy) is 1. The van der Waals surface area contributed by atoms with Gasteiger partial charge in [0.05, 0.1) is 36.6 Å². The van der Waals surface area contributed by atoms with E-state index in [1.807, 2.05) is 11.0 Å². The van der Waals surface area contributed by atoms with Crippen LogP contribution in [0.4, 0.5) is 11.4 Å². The number of rotatable bonds is 8. The Labute approximate surface area is 217 Å². The second kappa shape index (κ2) is 11.7. The number of morpholine rings is 1. The molecule has 1 aromatic carbocycles. The minimum absolute atomic E-state index is 0.0122. The lowest BCUT2D eigenvalue weighted by Crippen LogP contribution is -2.62. The summed E-state index contributed by atoms with van der Waals surface area (Å²) in [6, 6.07) is 4.91. The highest BCUT2D eigenvalue weighted by Gasteiger charge is 2.42. The number of piperazine rings is 1. The third-order valence-corrected chi connectivity index (χ3v) is 8.20. The van der Waals surface area contributed by atoms with Gasteiger partial charge < -0.3 is 19.9 Å². The largest absolute Gasteiger partial charge is 0.379 e. The van der Waals surface area contributed by atoms with Crippen molar-refractivity contribution in [2.45, 2.75) is 31.7 Å². The van der Waals surface area contributed by atoms with Gasteiger partial charge in [-0.25, -0.2) is 0 Å². The molecule has 2 atom stereocenters. The summed E-state index contributed by atoms with van der Waals surface area (Å²) in [6.07, 6.45) is 3.46. The Balaban J connectivity index is 1.26. The number of amides is 2. The third kappa shape index (κ3) is 6.05. The number of non-ortho nitro benzene ring substituents is 1. The molecule has 202 valence electrons. The normalized spacial score (nSPS) is 24.4. The summed E-state index contributed by atoms with van der Waals surface area (Å²) in [5, 5.41) is 14.5. The van der Waals surface area contributed by atoms with Crippen LogP contribution in [0.5, 0.6) is 0 Å². The predicted molar refractivity (Wildman–Crippen MR) is 139 cm³/mol. The first-order valence-electron chi connectivity index (χ1n) is 13.6. The SMILES string of the molecule is O=C(NCCCN1CCOCC1)C1Cc2cc([N+](=O)[O-])ccc2N2CCN(CC(=O)N3CCCC3)CC12. The Morgan fingerprint density at radius 3 is 2.59 bits per heavy atom. The molecule has 37 heavy (non-hydrogen) atoms. The van der Waals surface area contributed by atoms with E-state index in [9.17, 15) is 19.7 Å². The second-order valence-corrected chi connectivity index (χ2v) is 10.6. The van der Waals surface area contributed by atoms with Crippen molar-refractivity contribution in [1.29, 1.82) is 0 Å². The third-order valence-electron chi connectivity index (χ3n) is 8.20. The molecule has 5 rings (SSSR count). The first-order chi connectivity index (χ1) is 18.0. The molecule has 1 N–H and O–H groups in total. The molecule has 2 amide bonds. The van der Waals surface area contributed by atoms with Gasteiger partial charge in [0.25, 0.3) is 5.69 Å². The van der Waals surface area contributed by atoms with Crippen molar-refractivity contribution in [3.63, 3.8) is 0 Å². The highest BCUT2D eigenvalue weighted by molar-refractivity contribution is 5.82. The zero-order valence-electron chi connectivity index (χ0n) is 21.5. The molecule has 3 fully saturated rings. The summed E-state index contributed by atoms with van der Waals surface area (Å²) in [7, 11) is 0. The summed E-state index contributed by atoms with van der Waals surface area (Å²) >= 11 is 0. The minimum Gasteiger partial charge on any atom is -0.379 e. The standard InChI is InChI=1S/C26H38N6O5/c33-25(30-8-1-2-9-30)19-29-10-11-31-23-5-4-21(32(35)36)16-20(23)17-22(24(31)18-29)26(34)27-6-3-7-28-12-14-37-15-13-28/h4-5,16,22,24H,1-3,6-15,17-19H2,(H,27,34). The molecule has 11 nitrogen and oxygen atoms in total. The average molecular weight is 515 g/mol.